The molecule has 0 heterocycles. The van der Waals surface area contributed by atoms with Crippen LogP contribution in [0.2, 0.25) is 0 Å². The minimum absolute atomic E-state index is 0.329. The van der Waals surface area contributed by atoms with Crippen molar-refractivity contribution in [3.8, 4) is 5.75 Å². The number of benzene rings is 1. The molecule has 0 bridgehead atoms. The van der Waals surface area contributed by atoms with Gasteiger partial charge >= 0.3 is 0 Å². The molecule has 3 heteroatoms. The molecule has 0 aliphatic heterocycles. The third kappa shape index (κ3) is 8.18. The monoisotopic (exact) mass is 279 g/mol. The Morgan fingerprint density at radius 3 is 2.45 bits per heavy atom. The van der Waals surface area contributed by atoms with E-state index in [2.05, 4.69) is 26.1 Å². The first-order chi connectivity index (χ1) is 9.58. The zero-order valence-corrected chi connectivity index (χ0v) is 13.0. The van der Waals surface area contributed by atoms with E-state index in [0.29, 0.717) is 19.2 Å². The Morgan fingerprint density at radius 2 is 1.80 bits per heavy atom. The lowest BCUT2D eigenvalue weighted by molar-refractivity contribution is 0.103. The SMILES string of the molecule is CC(C)CCCC(C)NCC(O)COc1ccccc1. The largest absolute Gasteiger partial charge is 0.491 e. The summed E-state index contributed by atoms with van der Waals surface area (Å²) < 4.78 is 5.52. The normalized spacial score (nSPS) is 14.2. The molecule has 1 aromatic carbocycles. The zero-order valence-electron chi connectivity index (χ0n) is 13.0. The van der Waals surface area contributed by atoms with Gasteiger partial charge in [-0.25, -0.2) is 0 Å². The van der Waals surface area contributed by atoms with Crippen LogP contribution in [-0.4, -0.2) is 30.4 Å². The average molecular weight is 279 g/mol. The summed E-state index contributed by atoms with van der Waals surface area (Å²) in [5.41, 5.74) is 0. The fourth-order valence-electron chi connectivity index (χ4n) is 2.04. The summed E-state index contributed by atoms with van der Waals surface area (Å²) in [6, 6.07) is 10.0. The highest BCUT2D eigenvalue weighted by atomic mass is 16.5. The standard InChI is InChI=1S/C17H29NO2/c1-14(2)8-7-9-15(3)18-12-16(19)13-20-17-10-5-4-6-11-17/h4-6,10-11,14-16,18-19H,7-9,12-13H2,1-3H3. The molecule has 1 aromatic rings. The number of rotatable bonds is 10. The predicted octanol–water partition coefficient (Wildman–Crippen LogP) is 3.23. The number of aliphatic hydroxyl groups excluding tert-OH is 1. The molecular formula is C17H29NO2. The van der Waals surface area contributed by atoms with Gasteiger partial charge in [-0.3, -0.25) is 0 Å². The van der Waals surface area contributed by atoms with Crippen molar-refractivity contribution >= 4 is 0 Å². The molecule has 0 fully saturated rings. The highest BCUT2D eigenvalue weighted by Gasteiger charge is 2.08. The molecule has 2 unspecified atom stereocenters. The van der Waals surface area contributed by atoms with Crippen molar-refractivity contribution in [3.63, 3.8) is 0 Å². The van der Waals surface area contributed by atoms with Gasteiger partial charge in [0.2, 0.25) is 0 Å². The van der Waals surface area contributed by atoms with Gasteiger partial charge < -0.3 is 15.2 Å². The number of ether oxygens (including phenoxy) is 1. The van der Waals surface area contributed by atoms with E-state index in [1.807, 2.05) is 30.3 Å². The Balaban J connectivity index is 2.08. The first-order valence-electron chi connectivity index (χ1n) is 7.67. The van der Waals surface area contributed by atoms with E-state index >= 15 is 0 Å². The molecule has 0 amide bonds. The van der Waals surface area contributed by atoms with Crippen LogP contribution in [0.25, 0.3) is 0 Å². The Labute approximate surface area is 123 Å². The second-order valence-electron chi connectivity index (χ2n) is 5.91. The number of nitrogens with one attached hydrogen (secondary N) is 1. The van der Waals surface area contributed by atoms with E-state index in [1.54, 1.807) is 0 Å². The van der Waals surface area contributed by atoms with Gasteiger partial charge in [0.1, 0.15) is 18.5 Å². The average Bonchev–Trinajstić information content (AvgIpc) is 2.43. The maximum atomic E-state index is 9.89. The topological polar surface area (TPSA) is 41.5 Å². The number of hydrogen-bond donors (Lipinski definition) is 2. The smallest absolute Gasteiger partial charge is 0.119 e. The summed E-state index contributed by atoms with van der Waals surface area (Å²) >= 11 is 0. The van der Waals surface area contributed by atoms with Crippen LogP contribution in [0.15, 0.2) is 30.3 Å². The van der Waals surface area contributed by atoms with Gasteiger partial charge in [0, 0.05) is 12.6 Å². The van der Waals surface area contributed by atoms with Crippen LogP contribution in [0, 0.1) is 5.92 Å². The van der Waals surface area contributed by atoms with Crippen molar-refractivity contribution in [1.29, 1.82) is 0 Å². The van der Waals surface area contributed by atoms with Gasteiger partial charge in [0.25, 0.3) is 0 Å². The summed E-state index contributed by atoms with van der Waals surface area (Å²) in [5, 5.41) is 13.2. The Morgan fingerprint density at radius 1 is 1.10 bits per heavy atom. The number of para-hydroxylation sites is 1. The van der Waals surface area contributed by atoms with E-state index in [9.17, 15) is 5.11 Å². The van der Waals surface area contributed by atoms with Crippen LogP contribution in [0.4, 0.5) is 0 Å². The lowest BCUT2D eigenvalue weighted by Gasteiger charge is -2.18. The van der Waals surface area contributed by atoms with E-state index < -0.39 is 6.10 Å². The van der Waals surface area contributed by atoms with Crippen molar-refractivity contribution in [2.75, 3.05) is 13.2 Å². The van der Waals surface area contributed by atoms with Crippen molar-refractivity contribution in [1.82, 2.24) is 5.32 Å². The van der Waals surface area contributed by atoms with Gasteiger partial charge in [0.15, 0.2) is 0 Å². The lowest BCUT2D eigenvalue weighted by atomic mass is 10.0. The third-order valence-corrected chi connectivity index (χ3v) is 3.31. The van der Waals surface area contributed by atoms with Crippen LogP contribution in [0.1, 0.15) is 40.0 Å². The van der Waals surface area contributed by atoms with Gasteiger partial charge in [-0.15, -0.1) is 0 Å². The van der Waals surface area contributed by atoms with Crippen molar-refractivity contribution in [3.05, 3.63) is 30.3 Å². The third-order valence-electron chi connectivity index (χ3n) is 3.31. The second kappa shape index (κ2) is 9.78. The molecular weight excluding hydrogens is 250 g/mol. The van der Waals surface area contributed by atoms with E-state index in [-0.39, 0.29) is 0 Å². The van der Waals surface area contributed by atoms with Crippen LogP contribution < -0.4 is 10.1 Å². The van der Waals surface area contributed by atoms with E-state index in [4.69, 9.17) is 4.74 Å². The van der Waals surface area contributed by atoms with Crippen LogP contribution in [-0.2, 0) is 0 Å². The Bertz CT molecular complexity index is 340. The minimum atomic E-state index is -0.470. The summed E-state index contributed by atoms with van der Waals surface area (Å²) in [6.07, 6.45) is 3.20. The van der Waals surface area contributed by atoms with Gasteiger partial charge in [-0.2, -0.15) is 0 Å². The molecule has 114 valence electrons. The van der Waals surface area contributed by atoms with Gasteiger partial charge in [-0.05, 0) is 31.4 Å². The summed E-state index contributed by atoms with van der Waals surface area (Å²) in [4.78, 5) is 0. The molecule has 0 aliphatic rings. The first kappa shape index (κ1) is 17.0. The maximum absolute atomic E-state index is 9.89. The molecule has 3 nitrogen and oxygen atoms in total. The van der Waals surface area contributed by atoms with Crippen molar-refractivity contribution < 1.29 is 9.84 Å². The molecule has 0 saturated heterocycles. The molecule has 0 aromatic heterocycles. The van der Waals surface area contributed by atoms with Crippen molar-refractivity contribution in [2.24, 2.45) is 5.92 Å². The molecule has 0 radical (unpaired) electrons. The quantitative estimate of drug-likeness (QED) is 0.691. The fourth-order valence-corrected chi connectivity index (χ4v) is 2.04. The zero-order chi connectivity index (χ0) is 14.8. The Kier molecular flexibility index (Phi) is 8.31. The second-order valence-corrected chi connectivity index (χ2v) is 5.91. The molecule has 0 spiro atoms. The molecule has 2 atom stereocenters. The maximum Gasteiger partial charge on any atom is 0.119 e. The van der Waals surface area contributed by atoms with Gasteiger partial charge in [-0.1, -0.05) is 44.9 Å². The van der Waals surface area contributed by atoms with Crippen molar-refractivity contribution in [2.45, 2.75) is 52.2 Å². The summed E-state index contributed by atoms with van der Waals surface area (Å²) in [6.45, 7) is 7.59. The highest BCUT2D eigenvalue weighted by Crippen LogP contribution is 2.09. The van der Waals surface area contributed by atoms with E-state index in [1.165, 1.54) is 12.8 Å². The molecule has 0 saturated carbocycles. The highest BCUT2D eigenvalue weighted by molar-refractivity contribution is 5.20. The molecule has 1 rings (SSSR count). The number of hydrogen-bond acceptors (Lipinski definition) is 3. The van der Waals surface area contributed by atoms with Crippen LogP contribution >= 0.6 is 0 Å². The fraction of sp³-hybridized carbons (Fsp3) is 0.647. The first-order valence-corrected chi connectivity index (χ1v) is 7.67. The molecule has 2 N–H and O–H groups in total. The number of aliphatic hydroxyl groups is 1. The van der Waals surface area contributed by atoms with Gasteiger partial charge in [0.05, 0.1) is 0 Å². The predicted molar refractivity (Wildman–Crippen MR) is 84.1 cm³/mol. The minimum Gasteiger partial charge on any atom is -0.491 e. The molecule has 0 aliphatic carbocycles. The Hall–Kier alpha value is -1.06. The van der Waals surface area contributed by atoms with Crippen LogP contribution in [0.5, 0.6) is 5.75 Å². The molecule has 20 heavy (non-hydrogen) atoms. The lowest BCUT2D eigenvalue weighted by Crippen LogP contribution is -2.36. The summed E-state index contributed by atoms with van der Waals surface area (Å²) in [7, 11) is 0. The van der Waals surface area contributed by atoms with Crippen LogP contribution in [0.3, 0.4) is 0 Å². The summed E-state index contributed by atoms with van der Waals surface area (Å²) in [5.74, 6) is 1.57. The van der Waals surface area contributed by atoms with E-state index in [0.717, 1.165) is 18.1 Å².